The Morgan fingerprint density at radius 3 is 1.26 bits per heavy atom. The van der Waals surface area contributed by atoms with Crippen LogP contribution >= 0.6 is 7.82 Å². The lowest BCUT2D eigenvalue weighted by molar-refractivity contribution is -0.154. The monoisotopic (exact) mass is 984 g/mol. The summed E-state index contributed by atoms with van der Waals surface area (Å²) in [6, 6.07) is -1.49. The van der Waals surface area contributed by atoms with E-state index in [1.54, 1.807) is 0 Å². The number of hydrogen-bond acceptors (Lipinski definition) is 8. The first-order valence-electron chi connectivity index (χ1n) is 26.9. The van der Waals surface area contributed by atoms with Crippen molar-refractivity contribution in [2.45, 2.75) is 219 Å². The number of carbonyl (C=O) groups excluding carboxylic acids is 1. The summed E-state index contributed by atoms with van der Waals surface area (Å²) in [5, 5.41) is 8.94. The van der Waals surface area contributed by atoms with Gasteiger partial charge < -0.3 is 25.2 Å². The van der Waals surface area contributed by atoms with E-state index in [0.717, 1.165) is 70.6 Å². The fourth-order valence-corrected chi connectivity index (χ4v) is 7.70. The zero-order chi connectivity index (χ0) is 50.4. The number of rotatable bonds is 50. The van der Waals surface area contributed by atoms with Gasteiger partial charge in [0.15, 0.2) is 0 Å². The van der Waals surface area contributed by atoms with E-state index in [2.05, 4.69) is 117 Å². The summed E-state index contributed by atoms with van der Waals surface area (Å²) in [6.45, 7) is 3.68. The number of hydrogen-bond donors (Lipinski definition) is 3. The maximum atomic E-state index is 12.7. The second kappa shape index (κ2) is 52.5. The number of carbonyl (C=O) groups is 2. The summed E-state index contributed by atoms with van der Waals surface area (Å²) in [5.41, 5.74) is 5.38. The zero-order valence-electron chi connectivity index (χ0n) is 43.4. The molecule has 0 rings (SSSR count). The average Bonchev–Trinajstić information content (AvgIpc) is 3.33. The van der Waals surface area contributed by atoms with E-state index < -0.39 is 45.1 Å². The Labute approximate surface area is 421 Å². The third-order valence-electron chi connectivity index (χ3n) is 11.0. The van der Waals surface area contributed by atoms with Crippen LogP contribution in [0.4, 0.5) is 0 Å². The highest BCUT2D eigenvalue weighted by molar-refractivity contribution is 7.47. The third kappa shape index (κ3) is 52.3. The number of esters is 1. The van der Waals surface area contributed by atoms with Crippen molar-refractivity contribution in [1.29, 1.82) is 0 Å². The SMILES string of the molecule is CC/C=C\C/C=C\C/C=C\C/C=C\C/C=C\C/C=C\C/C=C\CCCC(=O)OC(COCCCCCCCCCCCCCC/C=C\C/C=C\CCCCCCC)COP(=O)(O)OCC(N)C(=O)O. The summed E-state index contributed by atoms with van der Waals surface area (Å²) < 4.78 is 33.5. The Kier molecular flexibility index (Phi) is 49.9. The number of ether oxygens (including phenoxy) is 2. The largest absolute Gasteiger partial charge is 0.480 e. The highest BCUT2D eigenvalue weighted by atomic mass is 31.2. The van der Waals surface area contributed by atoms with Gasteiger partial charge in [0.25, 0.3) is 0 Å². The fourth-order valence-electron chi connectivity index (χ4n) is 6.92. The summed E-state index contributed by atoms with van der Waals surface area (Å²) in [7, 11) is -4.65. The van der Waals surface area contributed by atoms with E-state index in [0.29, 0.717) is 19.4 Å². The molecule has 3 unspecified atom stereocenters. The van der Waals surface area contributed by atoms with Gasteiger partial charge in [-0.1, -0.05) is 213 Å². The molecule has 0 radical (unpaired) electrons. The van der Waals surface area contributed by atoms with Crippen LogP contribution in [0.1, 0.15) is 206 Å². The molecule has 0 spiro atoms. The Morgan fingerprint density at radius 1 is 0.478 bits per heavy atom. The first-order valence-corrected chi connectivity index (χ1v) is 28.4. The van der Waals surface area contributed by atoms with E-state index in [1.807, 2.05) is 6.08 Å². The molecule has 0 saturated carbocycles. The van der Waals surface area contributed by atoms with Gasteiger partial charge in [0.05, 0.1) is 19.8 Å². The third-order valence-corrected chi connectivity index (χ3v) is 12.0. The van der Waals surface area contributed by atoms with Crippen molar-refractivity contribution < 1.29 is 42.7 Å². The molecule has 10 nitrogen and oxygen atoms in total. The van der Waals surface area contributed by atoms with Crippen LogP contribution in [0.5, 0.6) is 0 Å². The van der Waals surface area contributed by atoms with Crippen molar-refractivity contribution in [3.63, 3.8) is 0 Å². The first-order chi connectivity index (χ1) is 33.7. The second-order valence-corrected chi connectivity index (χ2v) is 19.1. The molecule has 0 heterocycles. The molecule has 394 valence electrons. The highest BCUT2D eigenvalue weighted by Crippen LogP contribution is 2.43. The van der Waals surface area contributed by atoms with Crippen molar-refractivity contribution in [2.75, 3.05) is 26.4 Å². The lowest BCUT2D eigenvalue weighted by atomic mass is 10.0. The molecule has 11 heteroatoms. The molecule has 69 heavy (non-hydrogen) atoms. The van der Waals surface area contributed by atoms with Gasteiger partial charge >= 0.3 is 19.8 Å². The van der Waals surface area contributed by atoms with Gasteiger partial charge in [-0.15, -0.1) is 0 Å². The molecule has 0 fully saturated rings. The molecule has 0 aromatic heterocycles. The normalized spacial score (nSPS) is 14.5. The lowest BCUT2D eigenvalue weighted by Gasteiger charge is -2.20. The number of phosphoric acid groups is 1. The number of aliphatic carboxylic acids is 1. The topological polar surface area (TPSA) is 155 Å². The van der Waals surface area contributed by atoms with Crippen LogP contribution in [0.2, 0.25) is 0 Å². The molecule has 0 saturated heterocycles. The summed E-state index contributed by atoms with van der Waals surface area (Å²) in [6.07, 6.45) is 71.6. The second-order valence-electron chi connectivity index (χ2n) is 17.6. The Bertz CT molecular complexity index is 1510. The smallest absolute Gasteiger partial charge is 0.472 e. The van der Waals surface area contributed by atoms with Gasteiger partial charge in [-0.3, -0.25) is 18.6 Å². The van der Waals surface area contributed by atoms with Gasteiger partial charge in [0.1, 0.15) is 12.1 Å². The predicted molar refractivity (Wildman–Crippen MR) is 290 cm³/mol. The van der Waals surface area contributed by atoms with Gasteiger partial charge in [0, 0.05) is 13.0 Å². The molecule has 0 aliphatic rings. The summed E-state index contributed by atoms with van der Waals surface area (Å²) in [4.78, 5) is 33.7. The van der Waals surface area contributed by atoms with Gasteiger partial charge in [-0.05, 0) is 96.3 Å². The maximum Gasteiger partial charge on any atom is 0.472 e. The van der Waals surface area contributed by atoms with Crippen LogP contribution in [0.25, 0.3) is 0 Å². The predicted octanol–water partition coefficient (Wildman–Crippen LogP) is 16.2. The molecular formula is C58H98NO9P. The van der Waals surface area contributed by atoms with Crippen LogP contribution < -0.4 is 5.73 Å². The fraction of sp³-hybridized carbons (Fsp3) is 0.655. The van der Waals surface area contributed by atoms with E-state index in [1.165, 1.54) is 103 Å². The number of carboxylic acids is 1. The maximum absolute atomic E-state index is 12.7. The molecule has 0 aliphatic heterocycles. The minimum Gasteiger partial charge on any atom is -0.480 e. The summed E-state index contributed by atoms with van der Waals surface area (Å²) >= 11 is 0. The number of phosphoric ester groups is 1. The van der Waals surface area contributed by atoms with Gasteiger partial charge in [-0.25, -0.2) is 4.57 Å². The van der Waals surface area contributed by atoms with Crippen molar-refractivity contribution in [3.05, 3.63) is 109 Å². The highest BCUT2D eigenvalue weighted by Gasteiger charge is 2.27. The van der Waals surface area contributed by atoms with Crippen molar-refractivity contribution in [1.82, 2.24) is 0 Å². The number of carboxylic acid groups (broad SMARTS) is 1. The number of unbranched alkanes of at least 4 members (excludes halogenated alkanes) is 18. The van der Waals surface area contributed by atoms with Crippen LogP contribution in [0.15, 0.2) is 109 Å². The Balaban J connectivity index is 4.24. The first kappa shape index (κ1) is 65.6. The molecule has 3 atom stereocenters. The van der Waals surface area contributed by atoms with Crippen LogP contribution in [-0.4, -0.2) is 60.5 Å². The standard InChI is InChI=1S/C58H98NO9P/c1-3-5-7-9-11-13-15-17-19-21-23-25-27-29-31-33-35-37-39-41-43-45-47-49-51-65-52-55(53-66-69(63,64)67-54-56(59)58(61)62)68-57(60)50-48-46-44-42-40-38-36-34-32-30-28-26-24-22-20-18-16-14-12-10-8-6-4-2/h6,8,12,14-15,17-18,20-21,23-24,26,30,32,36,38,42,44,55-56H,3-5,7,9-11,13,16,19,22,25,27-29,31,33-35,37,39-41,43,45-54,59H2,1-2H3,(H,61,62)(H,63,64)/b8-6-,14-12-,17-15-,20-18-,23-21-,26-24-,32-30-,38-36-,44-42-. The van der Waals surface area contributed by atoms with E-state index in [4.69, 9.17) is 29.4 Å². The molecule has 0 bridgehead atoms. The lowest BCUT2D eigenvalue weighted by Crippen LogP contribution is -2.34. The van der Waals surface area contributed by atoms with Crippen LogP contribution in [0.3, 0.4) is 0 Å². The van der Waals surface area contributed by atoms with E-state index in [-0.39, 0.29) is 13.0 Å². The molecular weight excluding hydrogens is 886 g/mol. The van der Waals surface area contributed by atoms with Crippen LogP contribution in [0, 0.1) is 0 Å². The quantitative estimate of drug-likeness (QED) is 0.0232. The van der Waals surface area contributed by atoms with Gasteiger partial charge in [-0.2, -0.15) is 0 Å². The van der Waals surface area contributed by atoms with E-state index in [9.17, 15) is 19.0 Å². The number of allylic oxidation sites excluding steroid dienone is 18. The minimum absolute atomic E-state index is 0.0140. The van der Waals surface area contributed by atoms with Crippen molar-refractivity contribution in [2.24, 2.45) is 5.73 Å². The molecule has 4 N–H and O–H groups in total. The summed E-state index contributed by atoms with van der Waals surface area (Å²) in [5.74, 6) is -1.85. The Morgan fingerprint density at radius 2 is 0.841 bits per heavy atom. The molecule has 0 aromatic rings. The minimum atomic E-state index is -4.65. The van der Waals surface area contributed by atoms with E-state index >= 15 is 0 Å². The van der Waals surface area contributed by atoms with Gasteiger partial charge in [0.2, 0.25) is 0 Å². The molecule has 0 amide bonds. The van der Waals surface area contributed by atoms with Crippen molar-refractivity contribution in [3.8, 4) is 0 Å². The molecule has 0 aromatic carbocycles. The number of nitrogens with two attached hydrogens (primary N) is 1. The molecule has 0 aliphatic carbocycles. The van der Waals surface area contributed by atoms with Crippen molar-refractivity contribution >= 4 is 19.8 Å². The van der Waals surface area contributed by atoms with Crippen LogP contribution in [-0.2, 0) is 32.7 Å². The average molecular weight is 984 g/mol. The Hall–Kier alpha value is -3.37. The zero-order valence-corrected chi connectivity index (χ0v) is 44.3.